The van der Waals surface area contributed by atoms with Crippen LogP contribution in [0.5, 0.6) is 0 Å². The van der Waals surface area contributed by atoms with Gasteiger partial charge in [-0.2, -0.15) is 0 Å². The van der Waals surface area contributed by atoms with E-state index in [-0.39, 0.29) is 5.97 Å². The first-order valence-corrected chi connectivity index (χ1v) is 7.10. The second-order valence-electron chi connectivity index (χ2n) is 5.21. The Morgan fingerprint density at radius 2 is 1.95 bits per heavy atom. The van der Waals surface area contributed by atoms with E-state index in [1.165, 1.54) is 0 Å². The highest BCUT2D eigenvalue weighted by atomic mass is 16.5. The molecule has 0 rings (SSSR count). The third-order valence-electron chi connectivity index (χ3n) is 2.72. The Bertz CT molecular complexity index is 312. The van der Waals surface area contributed by atoms with E-state index in [0.717, 1.165) is 30.4 Å². The molecule has 0 aliphatic rings. The first-order chi connectivity index (χ1) is 8.95. The molecule has 1 atom stereocenters. The van der Waals surface area contributed by atoms with Gasteiger partial charge < -0.3 is 9.84 Å². The molecule has 0 saturated heterocycles. The van der Waals surface area contributed by atoms with Crippen molar-refractivity contribution in [3.05, 3.63) is 23.3 Å². The Labute approximate surface area is 117 Å². The van der Waals surface area contributed by atoms with Gasteiger partial charge in [-0.1, -0.05) is 37.0 Å². The topological polar surface area (TPSA) is 46.5 Å². The van der Waals surface area contributed by atoms with Gasteiger partial charge in [-0.25, -0.2) is 0 Å². The van der Waals surface area contributed by atoms with Crippen molar-refractivity contribution in [3.63, 3.8) is 0 Å². The molecule has 0 aromatic rings. The maximum absolute atomic E-state index is 11.4. The summed E-state index contributed by atoms with van der Waals surface area (Å²) in [4.78, 5) is 11.4. The molecule has 0 aromatic heterocycles. The molecular formula is C16H28O3. The number of ether oxygens (including phenoxy) is 1. The van der Waals surface area contributed by atoms with Gasteiger partial charge in [-0.15, -0.1) is 0 Å². The van der Waals surface area contributed by atoms with Gasteiger partial charge in [-0.3, -0.25) is 4.79 Å². The molecular weight excluding hydrogens is 240 g/mol. The molecule has 0 aromatic carbocycles. The summed E-state index contributed by atoms with van der Waals surface area (Å²) in [5.74, 6) is -0.137. The molecule has 0 aliphatic heterocycles. The van der Waals surface area contributed by atoms with E-state index in [4.69, 9.17) is 4.74 Å². The standard InChI is InChI=1S/C16H28O3/c1-5-6-7-8-16(18)19-10-9-14(4)12-15(17)11-13(2)3/h9,11,15,17H,5-8,10,12H2,1-4H3/b14-9+. The Morgan fingerprint density at radius 1 is 1.26 bits per heavy atom. The van der Waals surface area contributed by atoms with Crippen LogP contribution in [0.25, 0.3) is 0 Å². The van der Waals surface area contributed by atoms with Crippen molar-refractivity contribution in [2.75, 3.05) is 6.61 Å². The van der Waals surface area contributed by atoms with Crippen LogP contribution in [0.2, 0.25) is 0 Å². The van der Waals surface area contributed by atoms with E-state index in [1.807, 2.05) is 32.9 Å². The number of allylic oxidation sites excluding steroid dienone is 1. The largest absolute Gasteiger partial charge is 0.461 e. The average molecular weight is 268 g/mol. The number of carbonyl (C=O) groups is 1. The zero-order valence-corrected chi connectivity index (χ0v) is 12.7. The number of unbranched alkanes of at least 4 members (excludes halogenated alkanes) is 2. The van der Waals surface area contributed by atoms with Crippen molar-refractivity contribution in [3.8, 4) is 0 Å². The van der Waals surface area contributed by atoms with Gasteiger partial charge in [0.05, 0.1) is 6.10 Å². The molecule has 0 amide bonds. The lowest BCUT2D eigenvalue weighted by atomic mass is 10.1. The lowest BCUT2D eigenvalue weighted by molar-refractivity contribution is -0.142. The van der Waals surface area contributed by atoms with Crippen LogP contribution in [0, 0.1) is 0 Å². The highest BCUT2D eigenvalue weighted by Gasteiger charge is 2.03. The summed E-state index contributed by atoms with van der Waals surface area (Å²) in [5, 5.41) is 9.72. The molecule has 19 heavy (non-hydrogen) atoms. The van der Waals surface area contributed by atoms with E-state index >= 15 is 0 Å². The van der Waals surface area contributed by atoms with E-state index in [0.29, 0.717) is 19.4 Å². The molecule has 0 saturated carbocycles. The second-order valence-corrected chi connectivity index (χ2v) is 5.21. The third kappa shape index (κ3) is 11.7. The zero-order chi connectivity index (χ0) is 14.7. The normalized spacial score (nSPS) is 13.0. The molecule has 1 N–H and O–H groups in total. The minimum absolute atomic E-state index is 0.137. The molecule has 0 aliphatic carbocycles. The fraction of sp³-hybridized carbons (Fsp3) is 0.688. The van der Waals surface area contributed by atoms with Gasteiger partial charge in [-0.05, 0) is 39.7 Å². The van der Waals surface area contributed by atoms with Crippen molar-refractivity contribution in [1.82, 2.24) is 0 Å². The molecule has 0 fully saturated rings. The van der Waals surface area contributed by atoms with Crippen molar-refractivity contribution in [2.24, 2.45) is 0 Å². The minimum atomic E-state index is -0.457. The second kappa shape index (κ2) is 10.8. The first kappa shape index (κ1) is 17.9. The van der Waals surface area contributed by atoms with E-state index < -0.39 is 6.10 Å². The lowest BCUT2D eigenvalue weighted by Crippen LogP contribution is -2.06. The van der Waals surface area contributed by atoms with Gasteiger partial charge >= 0.3 is 5.97 Å². The fourth-order valence-electron chi connectivity index (χ4n) is 1.73. The van der Waals surface area contributed by atoms with Crippen LogP contribution in [0.1, 0.15) is 59.8 Å². The zero-order valence-electron chi connectivity index (χ0n) is 12.7. The molecule has 3 heteroatoms. The summed E-state index contributed by atoms with van der Waals surface area (Å²) < 4.78 is 5.11. The predicted octanol–water partition coefficient (Wildman–Crippen LogP) is 3.77. The van der Waals surface area contributed by atoms with Crippen molar-refractivity contribution < 1.29 is 14.6 Å². The van der Waals surface area contributed by atoms with Gasteiger partial charge in [0.15, 0.2) is 0 Å². The van der Waals surface area contributed by atoms with Crippen LogP contribution in [-0.2, 0) is 9.53 Å². The molecule has 0 bridgehead atoms. The van der Waals surface area contributed by atoms with Crippen molar-refractivity contribution in [1.29, 1.82) is 0 Å². The van der Waals surface area contributed by atoms with Crippen LogP contribution in [0.4, 0.5) is 0 Å². The van der Waals surface area contributed by atoms with Crippen LogP contribution in [0.3, 0.4) is 0 Å². The van der Waals surface area contributed by atoms with Crippen LogP contribution < -0.4 is 0 Å². The summed E-state index contributed by atoms with van der Waals surface area (Å²) in [7, 11) is 0. The van der Waals surface area contributed by atoms with E-state index in [1.54, 1.807) is 0 Å². The van der Waals surface area contributed by atoms with E-state index in [9.17, 15) is 9.90 Å². The Morgan fingerprint density at radius 3 is 2.53 bits per heavy atom. The maximum Gasteiger partial charge on any atom is 0.306 e. The number of esters is 1. The van der Waals surface area contributed by atoms with Gasteiger partial charge in [0.2, 0.25) is 0 Å². The fourth-order valence-corrected chi connectivity index (χ4v) is 1.73. The summed E-state index contributed by atoms with van der Waals surface area (Å²) in [6.45, 7) is 8.27. The van der Waals surface area contributed by atoms with E-state index in [2.05, 4.69) is 6.92 Å². The number of rotatable bonds is 9. The Hall–Kier alpha value is -1.09. The number of hydrogen-bond donors (Lipinski definition) is 1. The summed E-state index contributed by atoms with van der Waals surface area (Å²) in [6, 6.07) is 0. The maximum atomic E-state index is 11.4. The van der Waals surface area contributed by atoms with Crippen LogP contribution in [0.15, 0.2) is 23.3 Å². The summed E-state index contributed by atoms with van der Waals surface area (Å²) >= 11 is 0. The Balaban J connectivity index is 3.86. The van der Waals surface area contributed by atoms with Crippen LogP contribution >= 0.6 is 0 Å². The molecule has 1 unspecified atom stereocenters. The van der Waals surface area contributed by atoms with Gasteiger partial charge in [0.25, 0.3) is 0 Å². The lowest BCUT2D eigenvalue weighted by Gasteiger charge is -2.07. The SMILES string of the molecule is CCCCCC(=O)OC/C=C(\C)CC(O)C=C(C)C. The highest BCUT2D eigenvalue weighted by molar-refractivity contribution is 5.69. The molecule has 0 spiro atoms. The van der Waals surface area contributed by atoms with Crippen molar-refractivity contribution in [2.45, 2.75) is 65.9 Å². The van der Waals surface area contributed by atoms with Gasteiger partial charge in [0.1, 0.15) is 6.61 Å². The number of carbonyl (C=O) groups excluding carboxylic acids is 1. The number of aliphatic hydroxyl groups excluding tert-OH is 1. The molecule has 0 heterocycles. The number of hydrogen-bond acceptors (Lipinski definition) is 3. The van der Waals surface area contributed by atoms with Crippen LogP contribution in [-0.4, -0.2) is 23.8 Å². The average Bonchev–Trinajstić information content (AvgIpc) is 2.27. The molecule has 110 valence electrons. The summed E-state index contributed by atoms with van der Waals surface area (Å²) in [5.41, 5.74) is 2.13. The van der Waals surface area contributed by atoms with Gasteiger partial charge in [0, 0.05) is 6.42 Å². The molecule has 0 radical (unpaired) electrons. The number of aliphatic hydroxyl groups is 1. The smallest absolute Gasteiger partial charge is 0.306 e. The monoisotopic (exact) mass is 268 g/mol. The minimum Gasteiger partial charge on any atom is -0.461 e. The predicted molar refractivity (Wildman–Crippen MR) is 78.9 cm³/mol. The highest BCUT2D eigenvalue weighted by Crippen LogP contribution is 2.08. The summed E-state index contributed by atoms with van der Waals surface area (Å²) in [6.07, 6.45) is 7.39. The Kier molecular flexibility index (Phi) is 10.2. The first-order valence-electron chi connectivity index (χ1n) is 7.10. The molecule has 3 nitrogen and oxygen atoms in total. The quantitative estimate of drug-likeness (QED) is 0.393. The third-order valence-corrected chi connectivity index (χ3v) is 2.72. The van der Waals surface area contributed by atoms with Crippen molar-refractivity contribution >= 4 is 5.97 Å².